The zero-order chi connectivity index (χ0) is 22.2. The number of sulfone groups is 1. The largest absolute Gasteiger partial charge is 0.354 e. The lowest BCUT2D eigenvalue weighted by Crippen LogP contribution is -2.08. The van der Waals surface area contributed by atoms with Crippen LogP contribution < -0.4 is 5.32 Å². The Balaban J connectivity index is 1.97. The molecule has 3 aromatic carbocycles. The molecular weight excluding hydrogens is 404 g/mol. The standard InChI is InChI=1S/C26H26N2O2S/c1-5-20-9-13-24-23(15-20)26(28-21-10-8-18(3)19(4)14-21)25(16-27-24)31(29,30)22-11-6-17(2)7-12-22/h6-16H,5H2,1-4H3,(H,27,28). The molecule has 0 atom stereocenters. The molecule has 0 aliphatic carbocycles. The minimum atomic E-state index is -3.76. The van der Waals surface area contributed by atoms with E-state index in [2.05, 4.69) is 24.1 Å². The quantitative estimate of drug-likeness (QED) is 0.404. The molecule has 0 aliphatic rings. The number of nitrogens with zero attached hydrogens (tertiary/aromatic N) is 1. The number of hydrogen-bond acceptors (Lipinski definition) is 4. The van der Waals surface area contributed by atoms with Crippen molar-refractivity contribution in [1.82, 2.24) is 4.98 Å². The molecule has 0 fully saturated rings. The number of pyridine rings is 1. The van der Waals surface area contributed by atoms with Gasteiger partial charge in [0.1, 0.15) is 4.90 Å². The smallest absolute Gasteiger partial charge is 0.210 e. The number of benzene rings is 3. The predicted octanol–water partition coefficient (Wildman–Crippen LogP) is 6.30. The lowest BCUT2D eigenvalue weighted by Gasteiger charge is -2.17. The summed E-state index contributed by atoms with van der Waals surface area (Å²) in [5.74, 6) is 0. The van der Waals surface area contributed by atoms with E-state index in [1.54, 1.807) is 12.1 Å². The van der Waals surface area contributed by atoms with Crippen molar-refractivity contribution in [3.8, 4) is 0 Å². The van der Waals surface area contributed by atoms with Crippen LogP contribution >= 0.6 is 0 Å². The molecular formula is C26H26N2O2S. The van der Waals surface area contributed by atoms with Crippen LogP contribution in [0.25, 0.3) is 10.9 Å². The Labute approximate surface area is 183 Å². The summed E-state index contributed by atoms with van der Waals surface area (Å²) < 4.78 is 27.2. The van der Waals surface area contributed by atoms with Gasteiger partial charge >= 0.3 is 0 Å². The minimum Gasteiger partial charge on any atom is -0.354 e. The van der Waals surface area contributed by atoms with Crippen molar-refractivity contribution in [2.24, 2.45) is 0 Å². The lowest BCUT2D eigenvalue weighted by molar-refractivity contribution is 0.596. The monoisotopic (exact) mass is 430 g/mol. The van der Waals surface area contributed by atoms with Gasteiger partial charge in [0.2, 0.25) is 9.84 Å². The predicted molar refractivity (Wildman–Crippen MR) is 127 cm³/mol. The lowest BCUT2D eigenvalue weighted by atomic mass is 10.1. The van der Waals surface area contributed by atoms with Crippen LogP contribution in [0, 0.1) is 20.8 Å². The zero-order valence-electron chi connectivity index (χ0n) is 18.2. The molecule has 0 unspecified atom stereocenters. The van der Waals surface area contributed by atoms with Gasteiger partial charge in [-0.25, -0.2) is 8.42 Å². The molecule has 4 rings (SSSR count). The SMILES string of the molecule is CCc1ccc2ncc(S(=O)(=O)c3ccc(C)cc3)c(Nc3ccc(C)c(C)c3)c2c1. The average Bonchev–Trinajstić information content (AvgIpc) is 2.76. The fraction of sp³-hybridized carbons (Fsp3) is 0.192. The number of nitrogens with one attached hydrogen (secondary N) is 1. The van der Waals surface area contributed by atoms with Crippen LogP contribution in [0.5, 0.6) is 0 Å². The minimum absolute atomic E-state index is 0.176. The van der Waals surface area contributed by atoms with Crippen molar-refractivity contribution in [3.05, 3.63) is 89.1 Å². The fourth-order valence-corrected chi connectivity index (χ4v) is 4.95. The van der Waals surface area contributed by atoms with Crippen LogP contribution in [0.3, 0.4) is 0 Å². The second-order valence-electron chi connectivity index (χ2n) is 7.94. The summed E-state index contributed by atoms with van der Waals surface area (Å²) >= 11 is 0. The summed E-state index contributed by atoms with van der Waals surface area (Å²) in [5, 5.41) is 4.20. The van der Waals surface area contributed by atoms with E-state index in [1.807, 2.05) is 62.4 Å². The van der Waals surface area contributed by atoms with Gasteiger partial charge in [-0.1, -0.05) is 36.8 Å². The van der Waals surface area contributed by atoms with Crippen molar-refractivity contribution in [1.29, 1.82) is 0 Å². The maximum Gasteiger partial charge on any atom is 0.210 e. The van der Waals surface area contributed by atoms with E-state index in [0.29, 0.717) is 5.69 Å². The number of anilines is 2. The molecule has 0 saturated heterocycles. The molecule has 31 heavy (non-hydrogen) atoms. The summed E-state index contributed by atoms with van der Waals surface area (Å²) in [5.41, 5.74) is 6.62. The molecule has 1 N–H and O–H groups in total. The van der Waals surface area contributed by atoms with Gasteiger partial charge in [-0.2, -0.15) is 0 Å². The molecule has 0 bridgehead atoms. The van der Waals surface area contributed by atoms with E-state index in [4.69, 9.17) is 0 Å². The van der Waals surface area contributed by atoms with Crippen LogP contribution in [0.1, 0.15) is 29.2 Å². The molecule has 0 radical (unpaired) electrons. The summed E-state index contributed by atoms with van der Waals surface area (Å²) in [6.45, 7) is 8.12. The Kier molecular flexibility index (Phi) is 5.54. The van der Waals surface area contributed by atoms with E-state index in [0.717, 1.165) is 39.7 Å². The first-order chi connectivity index (χ1) is 14.8. The Bertz CT molecular complexity index is 1370. The highest BCUT2D eigenvalue weighted by Crippen LogP contribution is 2.36. The van der Waals surface area contributed by atoms with Crippen LogP contribution in [-0.2, 0) is 16.3 Å². The fourth-order valence-electron chi connectivity index (χ4n) is 3.58. The Morgan fingerprint density at radius 3 is 2.29 bits per heavy atom. The number of aryl methyl sites for hydroxylation is 4. The Morgan fingerprint density at radius 2 is 1.61 bits per heavy atom. The first-order valence-corrected chi connectivity index (χ1v) is 11.9. The summed E-state index contributed by atoms with van der Waals surface area (Å²) in [4.78, 5) is 4.92. The van der Waals surface area contributed by atoms with Crippen LogP contribution in [0.4, 0.5) is 11.4 Å². The molecule has 4 aromatic rings. The third-order valence-corrected chi connectivity index (χ3v) is 7.48. The first-order valence-electron chi connectivity index (χ1n) is 10.4. The molecule has 4 nitrogen and oxygen atoms in total. The van der Waals surface area contributed by atoms with Gasteiger partial charge in [-0.05, 0) is 80.3 Å². The highest BCUT2D eigenvalue weighted by molar-refractivity contribution is 7.91. The van der Waals surface area contributed by atoms with Crippen molar-refractivity contribution in [3.63, 3.8) is 0 Å². The van der Waals surface area contributed by atoms with Crippen molar-refractivity contribution >= 4 is 32.1 Å². The third kappa shape index (κ3) is 4.06. The molecule has 1 aromatic heterocycles. The van der Waals surface area contributed by atoms with E-state index in [1.165, 1.54) is 11.8 Å². The van der Waals surface area contributed by atoms with Gasteiger partial charge in [0, 0.05) is 17.3 Å². The summed E-state index contributed by atoms with van der Waals surface area (Å²) in [6.07, 6.45) is 2.32. The number of hydrogen-bond donors (Lipinski definition) is 1. The van der Waals surface area contributed by atoms with Gasteiger partial charge in [0.15, 0.2) is 0 Å². The van der Waals surface area contributed by atoms with Gasteiger partial charge in [-0.15, -0.1) is 0 Å². The van der Waals surface area contributed by atoms with Crippen molar-refractivity contribution in [2.75, 3.05) is 5.32 Å². The normalized spacial score (nSPS) is 11.6. The Hall–Kier alpha value is -3.18. The molecule has 0 saturated carbocycles. The van der Waals surface area contributed by atoms with Crippen LogP contribution in [0.15, 0.2) is 76.7 Å². The first kappa shape index (κ1) is 21.1. The maximum absolute atomic E-state index is 13.6. The molecule has 1 heterocycles. The van der Waals surface area contributed by atoms with E-state index < -0.39 is 9.84 Å². The second kappa shape index (κ2) is 8.16. The van der Waals surface area contributed by atoms with Crippen molar-refractivity contribution in [2.45, 2.75) is 43.9 Å². The molecule has 0 spiro atoms. The third-order valence-electron chi connectivity index (χ3n) is 5.70. The summed E-state index contributed by atoms with van der Waals surface area (Å²) in [6, 6.07) is 19.0. The summed E-state index contributed by atoms with van der Waals surface area (Å²) in [7, 11) is -3.76. The highest BCUT2D eigenvalue weighted by Gasteiger charge is 2.24. The zero-order valence-corrected chi connectivity index (χ0v) is 19.0. The molecule has 158 valence electrons. The van der Waals surface area contributed by atoms with Gasteiger partial charge in [0.05, 0.1) is 16.1 Å². The number of rotatable bonds is 5. The van der Waals surface area contributed by atoms with E-state index >= 15 is 0 Å². The van der Waals surface area contributed by atoms with Crippen LogP contribution in [-0.4, -0.2) is 13.4 Å². The molecule has 0 amide bonds. The molecule has 5 heteroatoms. The van der Waals surface area contributed by atoms with Crippen molar-refractivity contribution < 1.29 is 8.42 Å². The topological polar surface area (TPSA) is 59.1 Å². The maximum atomic E-state index is 13.6. The van der Waals surface area contributed by atoms with Crippen LogP contribution in [0.2, 0.25) is 0 Å². The number of fused-ring (bicyclic) bond motifs is 1. The van der Waals surface area contributed by atoms with E-state index in [-0.39, 0.29) is 9.79 Å². The average molecular weight is 431 g/mol. The van der Waals surface area contributed by atoms with Gasteiger partial charge in [0.25, 0.3) is 0 Å². The second-order valence-corrected chi connectivity index (χ2v) is 9.86. The Morgan fingerprint density at radius 1 is 0.871 bits per heavy atom. The van der Waals surface area contributed by atoms with Gasteiger partial charge < -0.3 is 5.32 Å². The van der Waals surface area contributed by atoms with E-state index in [9.17, 15) is 8.42 Å². The van der Waals surface area contributed by atoms with Gasteiger partial charge in [-0.3, -0.25) is 4.98 Å². The highest BCUT2D eigenvalue weighted by atomic mass is 32.2. The number of aromatic nitrogens is 1. The molecule has 0 aliphatic heterocycles.